The fraction of sp³-hybridized carbons (Fsp3) is 0.357. The van der Waals surface area contributed by atoms with E-state index in [4.69, 9.17) is 5.11 Å². The summed E-state index contributed by atoms with van der Waals surface area (Å²) < 4.78 is 1.85. The Balaban J connectivity index is 1.76. The molecule has 20 heavy (non-hydrogen) atoms. The highest BCUT2D eigenvalue weighted by molar-refractivity contribution is 5.85. The number of aliphatic carboxylic acids is 1. The van der Waals surface area contributed by atoms with Gasteiger partial charge in [0.2, 0.25) is 5.91 Å². The van der Waals surface area contributed by atoms with Gasteiger partial charge in [-0.3, -0.25) is 4.79 Å². The third-order valence-electron chi connectivity index (χ3n) is 3.60. The highest BCUT2D eigenvalue weighted by Crippen LogP contribution is 2.18. The van der Waals surface area contributed by atoms with Crippen LogP contribution in [0.15, 0.2) is 30.6 Å². The highest BCUT2D eigenvalue weighted by Gasteiger charge is 2.33. The molecule has 2 aromatic rings. The number of pyridine rings is 1. The first kappa shape index (κ1) is 12.7. The minimum Gasteiger partial charge on any atom is -0.480 e. The molecule has 6 nitrogen and oxygen atoms in total. The Kier molecular flexibility index (Phi) is 3.14. The second-order valence-electron chi connectivity index (χ2n) is 4.96. The molecule has 1 amide bonds. The third-order valence-corrected chi connectivity index (χ3v) is 3.60. The van der Waals surface area contributed by atoms with Crippen LogP contribution in [0.1, 0.15) is 18.5 Å². The van der Waals surface area contributed by atoms with Gasteiger partial charge in [-0.05, 0) is 25.0 Å². The smallest absolute Gasteiger partial charge is 0.326 e. The predicted octanol–water partition coefficient (Wildman–Crippen LogP) is 0.952. The molecule has 3 heterocycles. The van der Waals surface area contributed by atoms with E-state index in [1.54, 1.807) is 6.20 Å². The van der Waals surface area contributed by atoms with Crippen molar-refractivity contribution < 1.29 is 14.7 Å². The standard InChI is InChI=1S/C14H15N3O3/c18-13(17-7-3-4-11(17)14(19)20)8-10-9-16-6-2-1-5-12(16)15-10/h1-2,5-6,9,11H,3-4,7-8H2,(H,19,20)/t11-/m1/s1. The van der Waals surface area contributed by atoms with Crippen LogP contribution in [0.5, 0.6) is 0 Å². The van der Waals surface area contributed by atoms with Gasteiger partial charge in [0.15, 0.2) is 0 Å². The molecule has 0 unspecified atom stereocenters. The van der Waals surface area contributed by atoms with Crippen molar-refractivity contribution in [2.75, 3.05) is 6.54 Å². The number of fused-ring (bicyclic) bond motifs is 1. The van der Waals surface area contributed by atoms with Crippen molar-refractivity contribution in [2.24, 2.45) is 0 Å². The first-order chi connectivity index (χ1) is 9.65. The van der Waals surface area contributed by atoms with Crippen LogP contribution >= 0.6 is 0 Å². The van der Waals surface area contributed by atoms with Crippen LogP contribution in [-0.2, 0) is 16.0 Å². The van der Waals surface area contributed by atoms with Gasteiger partial charge in [0, 0.05) is 18.9 Å². The number of carbonyl (C=O) groups excluding carboxylic acids is 1. The van der Waals surface area contributed by atoms with Gasteiger partial charge in [-0.15, -0.1) is 0 Å². The molecule has 6 heteroatoms. The number of hydrogen-bond acceptors (Lipinski definition) is 3. The maximum absolute atomic E-state index is 12.2. The Bertz CT molecular complexity index is 631. The summed E-state index contributed by atoms with van der Waals surface area (Å²) in [4.78, 5) is 29.1. The van der Waals surface area contributed by atoms with Crippen molar-refractivity contribution in [2.45, 2.75) is 25.3 Å². The number of nitrogens with zero attached hydrogens (tertiary/aromatic N) is 3. The quantitative estimate of drug-likeness (QED) is 0.903. The summed E-state index contributed by atoms with van der Waals surface area (Å²) in [5, 5.41) is 9.10. The minimum absolute atomic E-state index is 0.144. The van der Waals surface area contributed by atoms with Crippen LogP contribution in [0.3, 0.4) is 0 Å². The number of likely N-dealkylation sites (tertiary alicyclic amines) is 1. The summed E-state index contributed by atoms with van der Waals surface area (Å²) in [6.07, 6.45) is 5.09. The molecule has 1 N–H and O–H groups in total. The molecule has 2 aromatic heterocycles. The van der Waals surface area contributed by atoms with Crippen LogP contribution in [-0.4, -0.2) is 43.9 Å². The average molecular weight is 273 g/mol. The molecule has 0 saturated carbocycles. The molecule has 1 saturated heterocycles. The van der Waals surface area contributed by atoms with Crippen molar-refractivity contribution in [1.29, 1.82) is 0 Å². The van der Waals surface area contributed by atoms with Gasteiger partial charge >= 0.3 is 5.97 Å². The van der Waals surface area contributed by atoms with Gasteiger partial charge in [-0.1, -0.05) is 6.07 Å². The molecule has 104 valence electrons. The van der Waals surface area contributed by atoms with Gasteiger partial charge in [-0.25, -0.2) is 9.78 Å². The van der Waals surface area contributed by atoms with E-state index in [2.05, 4.69) is 4.98 Å². The van der Waals surface area contributed by atoms with Crippen LogP contribution in [0.2, 0.25) is 0 Å². The van der Waals surface area contributed by atoms with Crippen molar-refractivity contribution in [3.63, 3.8) is 0 Å². The zero-order valence-electron chi connectivity index (χ0n) is 10.9. The summed E-state index contributed by atoms with van der Waals surface area (Å²) in [5.74, 6) is -1.09. The number of amides is 1. The molecule has 0 spiro atoms. The predicted molar refractivity (Wildman–Crippen MR) is 71.3 cm³/mol. The van der Waals surface area contributed by atoms with Crippen molar-refractivity contribution >= 4 is 17.5 Å². The second kappa shape index (κ2) is 4.96. The molecule has 1 aliphatic heterocycles. The summed E-state index contributed by atoms with van der Waals surface area (Å²) in [5.41, 5.74) is 1.45. The lowest BCUT2D eigenvalue weighted by molar-refractivity contribution is -0.148. The Morgan fingerprint density at radius 2 is 2.25 bits per heavy atom. The molecule has 1 atom stereocenters. The largest absolute Gasteiger partial charge is 0.480 e. The zero-order chi connectivity index (χ0) is 14.1. The van der Waals surface area contributed by atoms with E-state index in [1.807, 2.05) is 28.8 Å². The lowest BCUT2D eigenvalue weighted by Gasteiger charge is -2.20. The molecular formula is C14H15N3O3. The van der Waals surface area contributed by atoms with Crippen LogP contribution in [0.25, 0.3) is 5.65 Å². The van der Waals surface area contributed by atoms with E-state index in [0.29, 0.717) is 18.7 Å². The Morgan fingerprint density at radius 3 is 3.00 bits per heavy atom. The van der Waals surface area contributed by atoms with E-state index in [0.717, 1.165) is 12.1 Å². The maximum atomic E-state index is 12.2. The van der Waals surface area contributed by atoms with E-state index in [-0.39, 0.29) is 12.3 Å². The highest BCUT2D eigenvalue weighted by atomic mass is 16.4. The van der Waals surface area contributed by atoms with Gasteiger partial charge in [-0.2, -0.15) is 0 Å². The van der Waals surface area contributed by atoms with E-state index >= 15 is 0 Å². The second-order valence-corrected chi connectivity index (χ2v) is 4.96. The van der Waals surface area contributed by atoms with Crippen molar-refractivity contribution in [1.82, 2.24) is 14.3 Å². The molecule has 1 fully saturated rings. The van der Waals surface area contributed by atoms with E-state index in [1.165, 1.54) is 4.90 Å². The number of imidazole rings is 1. The van der Waals surface area contributed by atoms with Gasteiger partial charge in [0.1, 0.15) is 11.7 Å². The number of carbonyl (C=O) groups is 2. The van der Waals surface area contributed by atoms with Crippen LogP contribution in [0.4, 0.5) is 0 Å². The van der Waals surface area contributed by atoms with Gasteiger partial charge in [0.25, 0.3) is 0 Å². The Morgan fingerprint density at radius 1 is 1.40 bits per heavy atom. The van der Waals surface area contributed by atoms with Crippen molar-refractivity contribution in [3.8, 4) is 0 Å². The number of rotatable bonds is 3. The fourth-order valence-electron chi connectivity index (χ4n) is 2.65. The zero-order valence-corrected chi connectivity index (χ0v) is 10.9. The molecule has 0 bridgehead atoms. The molecule has 0 aromatic carbocycles. The maximum Gasteiger partial charge on any atom is 0.326 e. The number of hydrogen-bond donors (Lipinski definition) is 1. The average Bonchev–Trinajstić information content (AvgIpc) is 3.04. The minimum atomic E-state index is -0.925. The van der Waals surface area contributed by atoms with Crippen molar-refractivity contribution in [3.05, 3.63) is 36.3 Å². The SMILES string of the molecule is O=C(O)[C@H]1CCCN1C(=O)Cc1cn2ccccc2n1. The summed E-state index contributed by atoms with van der Waals surface area (Å²) in [6, 6.07) is 4.96. The van der Waals surface area contributed by atoms with E-state index < -0.39 is 12.0 Å². The lowest BCUT2D eigenvalue weighted by atomic mass is 10.2. The lowest BCUT2D eigenvalue weighted by Crippen LogP contribution is -2.41. The molecule has 3 rings (SSSR count). The normalized spacial score (nSPS) is 18.6. The van der Waals surface area contributed by atoms with Crippen LogP contribution in [0, 0.1) is 0 Å². The summed E-state index contributed by atoms with van der Waals surface area (Å²) >= 11 is 0. The molecular weight excluding hydrogens is 258 g/mol. The first-order valence-corrected chi connectivity index (χ1v) is 6.60. The number of carboxylic acid groups (broad SMARTS) is 1. The van der Waals surface area contributed by atoms with Gasteiger partial charge < -0.3 is 14.4 Å². The van der Waals surface area contributed by atoms with Crippen LogP contribution < -0.4 is 0 Å². The van der Waals surface area contributed by atoms with Gasteiger partial charge in [0.05, 0.1) is 12.1 Å². The first-order valence-electron chi connectivity index (χ1n) is 6.60. The summed E-state index contributed by atoms with van der Waals surface area (Å²) in [7, 11) is 0. The molecule has 0 aliphatic carbocycles. The number of aromatic nitrogens is 2. The Hall–Kier alpha value is -2.37. The molecule has 1 aliphatic rings. The monoisotopic (exact) mass is 273 g/mol. The topological polar surface area (TPSA) is 74.9 Å². The van der Waals surface area contributed by atoms with E-state index in [9.17, 15) is 9.59 Å². The molecule has 0 radical (unpaired) electrons. The Labute approximate surface area is 115 Å². The fourth-order valence-corrected chi connectivity index (χ4v) is 2.65. The summed E-state index contributed by atoms with van der Waals surface area (Å²) in [6.45, 7) is 0.517. The third kappa shape index (κ3) is 2.24. The number of carboxylic acids is 1.